The molecule has 4 nitrogen and oxygen atoms in total. The van der Waals surface area contributed by atoms with Gasteiger partial charge in [0.05, 0.1) is 5.56 Å². The molecule has 1 N–H and O–H groups in total. The molecule has 16 heavy (non-hydrogen) atoms. The number of hydrogen-bond donors (Lipinski definition) is 1. The van der Waals surface area contributed by atoms with Crippen LogP contribution in [0.3, 0.4) is 0 Å². The van der Waals surface area contributed by atoms with Gasteiger partial charge in [-0.25, -0.2) is 0 Å². The number of aromatic nitrogens is 1. The van der Waals surface area contributed by atoms with Crippen LogP contribution in [-0.4, -0.2) is 33.7 Å². The normalized spacial score (nSPS) is 12.1. The van der Waals surface area contributed by atoms with Gasteiger partial charge < -0.3 is 5.32 Å². The molecule has 88 valence electrons. The van der Waals surface area contributed by atoms with Gasteiger partial charge in [0.1, 0.15) is 0 Å². The first-order chi connectivity index (χ1) is 7.59. The molecule has 1 aromatic rings. The fourth-order valence-corrected chi connectivity index (χ4v) is 2.03. The van der Waals surface area contributed by atoms with Crippen LogP contribution in [0.25, 0.3) is 0 Å². The highest BCUT2D eigenvalue weighted by Crippen LogP contribution is 2.09. The van der Waals surface area contributed by atoms with Crippen LogP contribution in [0.4, 0.5) is 0 Å². The first-order valence-corrected chi connectivity index (χ1v) is 7.30. The lowest BCUT2D eigenvalue weighted by Gasteiger charge is -2.04. The zero-order valence-corrected chi connectivity index (χ0v) is 11.3. The van der Waals surface area contributed by atoms with Gasteiger partial charge in [0.2, 0.25) is 0 Å². The molecule has 0 aromatic carbocycles. The van der Waals surface area contributed by atoms with Crippen molar-refractivity contribution in [1.82, 2.24) is 10.3 Å². The number of nitrogens with zero attached hydrogens (tertiary/aromatic N) is 1. The summed E-state index contributed by atoms with van der Waals surface area (Å²) >= 11 is 3.25. The number of pyridine rings is 1. The molecule has 0 radical (unpaired) electrons. The van der Waals surface area contributed by atoms with Gasteiger partial charge in [-0.2, -0.15) is 0 Å². The summed E-state index contributed by atoms with van der Waals surface area (Å²) < 4.78 is 11.6. The molecule has 1 aromatic heterocycles. The Balaban J connectivity index is 2.38. The molecule has 1 atom stereocenters. The van der Waals surface area contributed by atoms with Crippen molar-refractivity contribution in [3.63, 3.8) is 0 Å². The highest BCUT2D eigenvalue weighted by atomic mass is 79.9. The van der Waals surface area contributed by atoms with E-state index in [9.17, 15) is 9.00 Å². The molecule has 1 rings (SSSR count). The van der Waals surface area contributed by atoms with Crippen molar-refractivity contribution < 1.29 is 9.00 Å². The summed E-state index contributed by atoms with van der Waals surface area (Å²) in [7, 11) is -0.800. The van der Waals surface area contributed by atoms with Crippen LogP contribution in [0.1, 0.15) is 16.8 Å². The number of hydrogen-bond acceptors (Lipinski definition) is 3. The monoisotopic (exact) mass is 304 g/mol. The van der Waals surface area contributed by atoms with Crippen molar-refractivity contribution in [2.24, 2.45) is 0 Å². The van der Waals surface area contributed by atoms with Gasteiger partial charge in [0, 0.05) is 46.2 Å². The Hall–Kier alpha value is -0.750. The quantitative estimate of drug-likeness (QED) is 0.835. The van der Waals surface area contributed by atoms with Gasteiger partial charge >= 0.3 is 0 Å². The number of rotatable bonds is 5. The molecule has 0 aliphatic rings. The number of nitrogens with one attached hydrogen (secondary N) is 1. The van der Waals surface area contributed by atoms with Crippen LogP contribution >= 0.6 is 15.9 Å². The Labute approximate surface area is 105 Å². The predicted octanol–water partition coefficient (Wildman–Crippen LogP) is 1.34. The van der Waals surface area contributed by atoms with E-state index in [0.717, 1.165) is 10.9 Å². The van der Waals surface area contributed by atoms with Gasteiger partial charge in [-0.05, 0) is 28.4 Å². The van der Waals surface area contributed by atoms with Crippen LogP contribution in [0, 0.1) is 0 Å². The molecular formula is C10H13BrN2O2S. The van der Waals surface area contributed by atoms with E-state index in [4.69, 9.17) is 0 Å². The van der Waals surface area contributed by atoms with E-state index in [2.05, 4.69) is 26.2 Å². The van der Waals surface area contributed by atoms with Crippen molar-refractivity contribution >= 4 is 32.6 Å². The van der Waals surface area contributed by atoms with Crippen LogP contribution < -0.4 is 5.32 Å². The second-order valence-corrected chi connectivity index (χ2v) is 5.75. The van der Waals surface area contributed by atoms with E-state index in [1.54, 1.807) is 18.5 Å². The van der Waals surface area contributed by atoms with Gasteiger partial charge in [0.25, 0.3) is 5.91 Å². The van der Waals surface area contributed by atoms with E-state index in [1.165, 1.54) is 6.20 Å². The molecule has 0 saturated heterocycles. The Kier molecular flexibility index (Phi) is 5.62. The molecule has 1 amide bonds. The van der Waals surface area contributed by atoms with Gasteiger partial charge in [0.15, 0.2) is 0 Å². The fourth-order valence-electron chi connectivity index (χ4n) is 1.12. The summed E-state index contributed by atoms with van der Waals surface area (Å²) in [6, 6.07) is 1.71. The number of halogens is 1. The topological polar surface area (TPSA) is 59.1 Å². The van der Waals surface area contributed by atoms with E-state index in [1.807, 2.05) is 0 Å². The third-order valence-electron chi connectivity index (χ3n) is 1.86. The standard InChI is InChI=1S/C10H13BrN2O2S/c1-16(15)4-2-3-13-10(14)8-5-9(11)7-12-6-8/h5-7H,2-4H2,1H3,(H,13,14). The lowest BCUT2D eigenvalue weighted by atomic mass is 10.2. The molecule has 0 bridgehead atoms. The van der Waals surface area contributed by atoms with Crippen LogP contribution in [-0.2, 0) is 10.8 Å². The molecule has 1 unspecified atom stereocenters. The molecule has 1 heterocycles. The Morgan fingerprint density at radius 1 is 1.56 bits per heavy atom. The van der Waals surface area contributed by atoms with E-state index >= 15 is 0 Å². The molecule has 6 heteroatoms. The van der Waals surface area contributed by atoms with Gasteiger partial charge in [-0.3, -0.25) is 14.0 Å². The maximum absolute atomic E-state index is 11.6. The lowest BCUT2D eigenvalue weighted by Crippen LogP contribution is -2.25. The second kappa shape index (κ2) is 6.75. The van der Waals surface area contributed by atoms with E-state index in [0.29, 0.717) is 17.9 Å². The van der Waals surface area contributed by atoms with Crippen LogP contribution in [0.5, 0.6) is 0 Å². The highest BCUT2D eigenvalue weighted by Gasteiger charge is 2.05. The summed E-state index contributed by atoms with van der Waals surface area (Å²) in [6.07, 6.45) is 5.51. The smallest absolute Gasteiger partial charge is 0.252 e. The number of carbonyl (C=O) groups excluding carboxylic acids is 1. The van der Waals surface area contributed by atoms with Crippen LogP contribution in [0.15, 0.2) is 22.9 Å². The summed E-state index contributed by atoms with van der Waals surface area (Å²) in [5.74, 6) is 0.451. The minimum atomic E-state index is -0.800. The SMILES string of the molecule is CS(=O)CCCNC(=O)c1cncc(Br)c1. The summed E-state index contributed by atoms with van der Waals surface area (Å²) in [5.41, 5.74) is 0.520. The molecule has 0 aliphatic carbocycles. The van der Waals surface area contributed by atoms with Gasteiger partial charge in [-0.1, -0.05) is 0 Å². The zero-order chi connectivity index (χ0) is 12.0. The fraction of sp³-hybridized carbons (Fsp3) is 0.400. The Morgan fingerprint density at radius 2 is 2.31 bits per heavy atom. The minimum absolute atomic E-state index is 0.157. The van der Waals surface area contributed by atoms with Crippen molar-refractivity contribution in [2.45, 2.75) is 6.42 Å². The average Bonchev–Trinajstić information content (AvgIpc) is 2.24. The van der Waals surface area contributed by atoms with Crippen molar-refractivity contribution in [3.05, 3.63) is 28.5 Å². The van der Waals surface area contributed by atoms with Gasteiger partial charge in [-0.15, -0.1) is 0 Å². The lowest BCUT2D eigenvalue weighted by molar-refractivity contribution is 0.0953. The third kappa shape index (κ3) is 4.85. The molecule has 0 saturated carbocycles. The maximum atomic E-state index is 11.6. The van der Waals surface area contributed by atoms with Crippen LogP contribution in [0.2, 0.25) is 0 Å². The molecule has 0 aliphatic heterocycles. The maximum Gasteiger partial charge on any atom is 0.252 e. The largest absolute Gasteiger partial charge is 0.352 e. The minimum Gasteiger partial charge on any atom is -0.352 e. The summed E-state index contributed by atoms with van der Waals surface area (Å²) in [6.45, 7) is 0.533. The first-order valence-electron chi connectivity index (χ1n) is 4.78. The first kappa shape index (κ1) is 13.3. The van der Waals surface area contributed by atoms with E-state index in [-0.39, 0.29) is 5.91 Å². The Bertz CT molecular complexity index is 398. The van der Waals surface area contributed by atoms with Crippen molar-refractivity contribution in [1.29, 1.82) is 0 Å². The third-order valence-corrected chi connectivity index (χ3v) is 3.16. The molecule has 0 spiro atoms. The predicted molar refractivity (Wildman–Crippen MR) is 67.8 cm³/mol. The number of amides is 1. The zero-order valence-electron chi connectivity index (χ0n) is 8.90. The van der Waals surface area contributed by atoms with Crippen molar-refractivity contribution in [2.75, 3.05) is 18.6 Å². The summed E-state index contributed by atoms with van der Waals surface area (Å²) in [5, 5.41) is 2.75. The van der Waals surface area contributed by atoms with Crippen molar-refractivity contribution in [3.8, 4) is 0 Å². The van der Waals surface area contributed by atoms with E-state index < -0.39 is 10.8 Å². The Morgan fingerprint density at radius 3 is 2.94 bits per heavy atom. The molecule has 0 fully saturated rings. The second-order valence-electron chi connectivity index (χ2n) is 3.28. The number of carbonyl (C=O) groups is 1. The highest BCUT2D eigenvalue weighted by molar-refractivity contribution is 9.10. The average molecular weight is 305 g/mol. The molecular weight excluding hydrogens is 292 g/mol. The summed E-state index contributed by atoms with van der Waals surface area (Å²) in [4.78, 5) is 15.5.